The Balaban J connectivity index is 2.24. The third kappa shape index (κ3) is 3.76. The number of urea groups is 1. The van der Waals surface area contributed by atoms with Gasteiger partial charge in [-0.1, -0.05) is 0 Å². The van der Waals surface area contributed by atoms with E-state index in [9.17, 15) is 9.59 Å². The highest BCUT2D eigenvalue weighted by Gasteiger charge is 2.33. The van der Waals surface area contributed by atoms with E-state index in [1.165, 1.54) is 11.3 Å². The second kappa shape index (κ2) is 6.23. The SMILES string of the molecule is CC(O)CNC(=O)Nc1sc2c(c1C(N)=O)CC(C)(C)OC2. The van der Waals surface area contributed by atoms with Gasteiger partial charge in [0.25, 0.3) is 5.91 Å². The summed E-state index contributed by atoms with van der Waals surface area (Å²) in [4.78, 5) is 24.5. The van der Waals surface area contributed by atoms with Crippen LogP contribution in [-0.2, 0) is 17.8 Å². The van der Waals surface area contributed by atoms with E-state index in [0.717, 1.165) is 10.4 Å². The number of nitrogens with one attached hydrogen (secondary N) is 2. The standard InChI is InChI=1S/C14H21N3O4S/c1-7(18)5-16-13(20)17-12-10(11(15)19)8-4-14(2,3)21-6-9(8)22-12/h7,18H,4-6H2,1-3H3,(H2,15,19)(H2,16,17,20). The van der Waals surface area contributed by atoms with Gasteiger partial charge in [0.15, 0.2) is 0 Å². The van der Waals surface area contributed by atoms with Crippen molar-refractivity contribution in [1.29, 1.82) is 0 Å². The number of nitrogens with two attached hydrogens (primary N) is 1. The van der Waals surface area contributed by atoms with Gasteiger partial charge in [0.2, 0.25) is 0 Å². The molecule has 0 aromatic carbocycles. The number of amides is 3. The number of fused-ring (bicyclic) bond motifs is 1. The van der Waals surface area contributed by atoms with Gasteiger partial charge in [-0.25, -0.2) is 4.79 Å². The maximum absolute atomic E-state index is 11.8. The van der Waals surface area contributed by atoms with Crippen LogP contribution in [0, 0.1) is 0 Å². The Kier molecular flexibility index (Phi) is 4.74. The van der Waals surface area contributed by atoms with Crippen LogP contribution in [0.4, 0.5) is 9.80 Å². The summed E-state index contributed by atoms with van der Waals surface area (Å²) in [6.45, 7) is 5.98. The highest BCUT2D eigenvalue weighted by atomic mass is 32.1. The van der Waals surface area contributed by atoms with Crippen LogP contribution < -0.4 is 16.4 Å². The van der Waals surface area contributed by atoms with E-state index in [-0.39, 0.29) is 12.1 Å². The number of thiophene rings is 1. The minimum Gasteiger partial charge on any atom is -0.392 e. The van der Waals surface area contributed by atoms with Crippen molar-refractivity contribution in [3.05, 3.63) is 16.0 Å². The monoisotopic (exact) mass is 327 g/mol. The summed E-state index contributed by atoms with van der Waals surface area (Å²) in [5.41, 5.74) is 6.31. The van der Waals surface area contributed by atoms with E-state index in [4.69, 9.17) is 15.6 Å². The van der Waals surface area contributed by atoms with E-state index in [0.29, 0.717) is 23.6 Å². The lowest BCUT2D eigenvalue weighted by Gasteiger charge is -2.30. The van der Waals surface area contributed by atoms with Crippen molar-refractivity contribution in [2.24, 2.45) is 5.73 Å². The third-order valence-corrected chi connectivity index (χ3v) is 4.44. The van der Waals surface area contributed by atoms with Crippen LogP contribution in [0.15, 0.2) is 0 Å². The molecule has 0 saturated heterocycles. The molecule has 2 rings (SSSR count). The Morgan fingerprint density at radius 3 is 2.77 bits per heavy atom. The van der Waals surface area contributed by atoms with Crippen molar-refractivity contribution in [3.8, 4) is 0 Å². The van der Waals surface area contributed by atoms with E-state index in [2.05, 4.69) is 10.6 Å². The molecule has 1 aliphatic heterocycles. The van der Waals surface area contributed by atoms with Gasteiger partial charge in [-0.15, -0.1) is 11.3 Å². The molecular formula is C14H21N3O4S. The molecule has 0 aliphatic carbocycles. The minimum absolute atomic E-state index is 0.124. The molecule has 1 aliphatic rings. The van der Waals surface area contributed by atoms with E-state index < -0.39 is 18.0 Å². The molecule has 7 nitrogen and oxygen atoms in total. The average Bonchev–Trinajstić information content (AvgIpc) is 2.72. The lowest BCUT2D eigenvalue weighted by atomic mass is 9.93. The first-order chi connectivity index (χ1) is 10.2. The van der Waals surface area contributed by atoms with Crippen LogP contribution in [0.2, 0.25) is 0 Å². The molecule has 5 N–H and O–H groups in total. The molecule has 0 bridgehead atoms. The molecule has 0 radical (unpaired) electrons. The fourth-order valence-corrected chi connectivity index (χ4v) is 3.42. The first-order valence-corrected chi connectivity index (χ1v) is 7.82. The molecular weight excluding hydrogens is 306 g/mol. The summed E-state index contributed by atoms with van der Waals surface area (Å²) >= 11 is 1.29. The smallest absolute Gasteiger partial charge is 0.319 e. The van der Waals surface area contributed by atoms with Crippen LogP contribution >= 0.6 is 11.3 Å². The molecule has 1 unspecified atom stereocenters. The van der Waals surface area contributed by atoms with Gasteiger partial charge in [-0.05, 0) is 26.3 Å². The third-order valence-electron chi connectivity index (χ3n) is 3.32. The van der Waals surface area contributed by atoms with E-state index >= 15 is 0 Å². The number of rotatable bonds is 4. The van der Waals surface area contributed by atoms with E-state index in [1.54, 1.807) is 6.92 Å². The summed E-state index contributed by atoms with van der Waals surface area (Å²) in [6, 6.07) is -0.484. The number of aliphatic hydroxyl groups excluding tert-OH is 1. The van der Waals surface area contributed by atoms with Crippen molar-refractivity contribution in [2.75, 3.05) is 11.9 Å². The molecule has 0 fully saturated rings. The zero-order chi connectivity index (χ0) is 16.5. The number of anilines is 1. The molecule has 3 amide bonds. The number of hydrogen-bond donors (Lipinski definition) is 4. The van der Waals surface area contributed by atoms with Gasteiger partial charge in [0.05, 0.1) is 23.9 Å². The Hall–Kier alpha value is -1.64. The lowest BCUT2D eigenvalue weighted by Crippen LogP contribution is -2.34. The average molecular weight is 327 g/mol. The summed E-state index contributed by atoms with van der Waals surface area (Å²) < 4.78 is 5.72. The number of aliphatic hydroxyl groups is 1. The highest BCUT2D eigenvalue weighted by molar-refractivity contribution is 7.17. The van der Waals surface area contributed by atoms with Crippen LogP contribution in [0.25, 0.3) is 0 Å². The van der Waals surface area contributed by atoms with Crippen LogP contribution in [0.5, 0.6) is 0 Å². The molecule has 0 saturated carbocycles. The molecule has 1 atom stereocenters. The number of ether oxygens (including phenoxy) is 1. The Bertz CT molecular complexity index is 595. The van der Waals surface area contributed by atoms with Crippen molar-refractivity contribution in [1.82, 2.24) is 5.32 Å². The predicted molar refractivity (Wildman–Crippen MR) is 84.1 cm³/mol. The van der Waals surface area contributed by atoms with Crippen molar-refractivity contribution < 1.29 is 19.4 Å². The van der Waals surface area contributed by atoms with Gasteiger partial charge in [0.1, 0.15) is 5.00 Å². The highest BCUT2D eigenvalue weighted by Crippen LogP contribution is 2.40. The van der Waals surface area contributed by atoms with Gasteiger partial charge < -0.3 is 20.9 Å². The van der Waals surface area contributed by atoms with Crippen molar-refractivity contribution in [2.45, 2.75) is 45.5 Å². The zero-order valence-electron chi connectivity index (χ0n) is 12.9. The van der Waals surface area contributed by atoms with Gasteiger partial charge in [-0.2, -0.15) is 0 Å². The van der Waals surface area contributed by atoms with Crippen molar-refractivity contribution in [3.63, 3.8) is 0 Å². The van der Waals surface area contributed by atoms with Crippen LogP contribution in [0.1, 0.15) is 41.6 Å². The van der Waals surface area contributed by atoms with Gasteiger partial charge >= 0.3 is 6.03 Å². The summed E-state index contributed by atoms with van der Waals surface area (Å²) in [7, 11) is 0. The molecule has 8 heteroatoms. The summed E-state index contributed by atoms with van der Waals surface area (Å²) in [6.07, 6.45) is -0.0826. The van der Waals surface area contributed by atoms with Crippen LogP contribution in [-0.4, -0.2) is 35.3 Å². The van der Waals surface area contributed by atoms with E-state index in [1.807, 2.05) is 13.8 Å². The second-order valence-corrected chi connectivity index (χ2v) is 7.09. The topological polar surface area (TPSA) is 114 Å². The molecule has 0 spiro atoms. The fourth-order valence-electron chi connectivity index (χ4n) is 2.29. The Morgan fingerprint density at radius 2 is 2.18 bits per heavy atom. The van der Waals surface area contributed by atoms with Gasteiger partial charge in [0, 0.05) is 17.8 Å². The lowest BCUT2D eigenvalue weighted by molar-refractivity contribution is -0.0383. The number of hydrogen-bond acceptors (Lipinski definition) is 5. The second-order valence-electron chi connectivity index (χ2n) is 5.98. The maximum Gasteiger partial charge on any atom is 0.319 e. The molecule has 1 aromatic rings. The normalized spacial score (nSPS) is 17.5. The molecule has 1 aromatic heterocycles. The van der Waals surface area contributed by atoms with Crippen LogP contribution in [0.3, 0.4) is 0 Å². The molecule has 22 heavy (non-hydrogen) atoms. The van der Waals surface area contributed by atoms with Crippen molar-refractivity contribution >= 4 is 28.3 Å². The first-order valence-electron chi connectivity index (χ1n) is 7.01. The quantitative estimate of drug-likeness (QED) is 0.665. The predicted octanol–water partition coefficient (Wildman–Crippen LogP) is 1.20. The number of carbonyl (C=O) groups excluding carboxylic acids is 2. The first kappa shape index (κ1) is 16.7. The zero-order valence-corrected chi connectivity index (χ0v) is 13.7. The number of carbonyl (C=O) groups is 2. The Morgan fingerprint density at radius 1 is 1.50 bits per heavy atom. The summed E-state index contributed by atoms with van der Waals surface area (Å²) in [5, 5.41) is 14.7. The number of primary amides is 1. The largest absolute Gasteiger partial charge is 0.392 e. The summed E-state index contributed by atoms with van der Waals surface area (Å²) in [5.74, 6) is -0.568. The molecule has 2 heterocycles. The maximum atomic E-state index is 11.8. The Labute approximate surface area is 132 Å². The fraction of sp³-hybridized carbons (Fsp3) is 0.571. The minimum atomic E-state index is -0.646. The molecule has 122 valence electrons. The van der Waals surface area contributed by atoms with Gasteiger partial charge in [-0.3, -0.25) is 10.1 Å².